The van der Waals surface area contributed by atoms with Crippen molar-refractivity contribution in [1.29, 1.82) is 0 Å². The average Bonchev–Trinajstić information content (AvgIpc) is 2.68. The van der Waals surface area contributed by atoms with Crippen LogP contribution in [0.1, 0.15) is 10.4 Å². The Labute approximate surface area is 111 Å². The zero-order valence-electron chi connectivity index (χ0n) is 9.17. The Bertz CT molecular complexity index is 541. The fourth-order valence-corrected chi connectivity index (χ4v) is 2.73. The first kappa shape index (κ1) is 12.4. The maximum absolute atomic E-state index is 13.5. The molecule has 0 atom stereocenters. The standard InChI is InChI=1S/C12H11BrFNOS/c1-7-4-11(9(14)5-10(7)15)16-6-12-8(13)2-3-17-12/h2-5H,6,15H2,1H3. The van der Waals surface area contributed by atoms with Crippen molar-refractivity contribution in [3.05, 3.63) is 44.3 Å². The number of halogens is 2. The summed E-state index contributed by atoms with van der Waals surface area (Å²) in [6.07, 6.45) is 0. The van der Waals surface area contributed by atoms with Crippen molar-refractivity contribution in [3.8, 4) is 5.75 Å². The third kappa shape index (κ3) is 2.79. The molecule has 0 aliphatic carbocycles. The van der Waals surface area contributed by atoms with Gasteiger partial charge in [0, 0.05) is 16.2 Å². The monoisotopic (exact) mass is 315 g/mol. The Hall–Kier alpha value is -1.07. The molecule has 0 amide bonds. The summed E-state index contributed by atoms with van der Waals surface area (Å²) < 4.78 is 20.0. The van der Waals surface area contributed by atoms with Crippen LogP contribution in [0.5, 0.6) is 5.75 Å². The first-order valence-corrected chi connectivity index (χ1v) is 6.65. The summed E-state index contributed by atoms with van der Waals surface area (Å²) in [5.74, 6) is -0.197. The van der Waals surface area contributed by atoms with E-state index in [-0.39, 0.29) is 5.75 Å². The van der Waals surface area contributed by atoms with Gasteiger partial charge in [-0.05, 0) is 45.9 Å². The Balaban J connectivity index is 2.14. The van der Waals surface area contributed by atoms with Gasteiger partial charge >= 0.3 is 0 Å². The quantitative estimate of drug-likeness (QED) is 0.865. The van der Waals surface area contributed by atoms with Crippen molar-refractivity contribution in [3.63, 3.8) is 0 Å². The summed E-state index contributed by atoms with van der Waals surface area (Å²) in [4.78, 5) is 1.03. The average molecular weight is 316 g/mol. The highest BCUT2D eigenvalue weighted by Gasteiger charge is 2.08. The normalized spacial score (nSPS) is 10.5. The van der Waals surface area contributed by atoms with Gasteiger partial charge in [0.05, 0.1) is 4.88 Å². The summed E-state index contributed by atoms with van der Waals surface area (Å²) in [5, 5.41) is 1.95. The number of ether oxygens (including phenoxy) is 1. The van der Waals surface area contributed by atoms with Crippen LogP contribution in [0.15, 0.2) is 28.1 Å². The minimum absolute atomic E-state index is 0.233. The molecular weight excluding hydrogens is 305 g/mol. The van der Waals surface area contributed by atoms with Gasteiger partial charge in [0.15, 0.2) is 11.6 Å². The molecule has 2 nitrogen and oxygen atoms in total. The molecule has 1 heterocycles. The molecule has 0 radical (unpaired) electrons. The Kier molecular flexibility index (Phi) is 3.69. The van der Waals surface area contributed by atoms with E-state index in [1.54, 1.807) is 17.4 Å². The van der Waals surface area contributed by atoms with Crippen molar-refractivity contribution in [2.75, 3.05) is 5.73 Å². The highest BCUT2D eigenvalue weighted by atomic mass is 79.9. The molecule has 0 bridgehead atoms. The largest absolute Gasteiger partial charge is 0.485 e. The lowest BCUT2D eigenvalue weighted by molar-refractivity contribution is 0.293. The molecule has 0 unspecified atom stereocenters. The van der Waals surface area contributed by atoms with E-state index in [0.29, 0.717) is 12.3 Å². The molecule has 90 valence electrons. The van der Waals surface area contributed by atoms with Gasteiger partial charge in [-0.1, -0.05) is 0 Å². The SMILES string of the molecule is Cc1cc(OCc2sccc2Br)c(F)cc1N. The number of nitrogens with two attached hydrogens (primary N) is 1. The van der Waals surface area contributed by atoms with Gasteiger partial charge < -0.3 is 10.5 Å². The highest BCUT2D eigenvalue weighted by Crippen LogP contribution is 2.27. The van der Waals surface area contributed by atoms with E-state index in [2.05, 4.69) is 15.9 Å². The summed E-state index contributed by atoms with van der Waals surface area (Å²) in [6.45, 7) is 2.17. The fraction of sp³-hybridized carbons (Fsp3) is 0.167. The van der Waals surface area contributed by atoms with Crippen LogP contribution in [0.4, 0.5) is 10.1 Å². The van der Waals surface area contributed by atoms with Gasteiger partial charge in [-0.3, -0.25) is 0 Å². The molecule has 0 saturated carbocycles. The molecule has 0 saturated heterocycles. The molecule has 0 fully saturated rings. The number of hydrogen-bond acceptors (Lipinski definition) is 3. The molecular formula is C12H11BrFNOS. The van der Waals surface area contributed by atoms with E-state index in [4.69, 9.17) is 10.5 Å². The van der Waals surface area contributed by atoms with Crippen molar-refractivity contribution >= 4 is 33.0 Å². The second-order valence-corrected chi connectivity index (χ2v) is 5.47. The van der Waals surface area contributed by atoms with Crippen LogP contribution in [-0.4, -0.2) is 0 Å². The lowest BCUT2D eigenvalue weighted by Gasteiger charge is -2.09. The van der Waals surface area contributed by atoms with E-state index in [1.807, 2.05) is 18.4 Å². The smallest absolute Gasteiger partial charge is 0.167 e. The molecule has 2 N–H and O–H groups in total. The first-order valence-electron chi connectivity index (χ1n) is 4.98. The van der Waals surface area contributed by atoms with Gasteiger partial charge in [-0.15, -0.1) is 11.3 Å². The predicted molar refractivity (Wildman–Crippen MR) is 71.9 cm³/mol. The van der Waals surface area contributed by atoms with Crippen LogP contribution in [0.3, 0.4) is 0 Å². The fourth-order valence-electron chi connectivity index (χ4n) is 1.35. The minimum atomic E-state index is -0.430. The number of rotatable bonds is 3. The molecule has 17 heavy (non-hydrogen) atoms. The van der Waals surface area contributed by atoms with Crippen molar-refractivity contribution in [2.24, 2.45) is 0 Å². The molecule has 2 rings (SSSR count). The third-order valence-electron chi connectivity index (χ3n) is 2.37. The van der Waals surface area contributed by atoms with E-state index >= 15 is 0 Å². The van der Waals surface area contributed by atoms with Crippen molar-refractivity contribution < 1.29 is 9.13 Å². The number of benzene rings is 1. The Morgan fingerprint density at radius 3 is 2.88 bits per heavy atom. The summed E-state index contributed by atoms with van der Waals surface area (Å²) >= 11 is 4.96. The summed E-state index contributed by atoms with van der Waals surface area (Å²) in [6, 6.07) is 4.84. The first-order chi connectivity index (χ1) is 8.08. The summed E-state index contributed by atoms with van der Waals surface area (Å²) in [5.41, 5.74) is 6.85. The van der Waals surface area contributed by atoms with E-state index in [0.717, 1.165) is 14.9 Å². The van der Waals surface area contributed by atoms with Gasteiger partial charge in [0.1, 0.15) is 6.61 Å². The minimum Gasteiger partial charge on any atom is -0.485 e. The molecule has 1 aromatic carbocycles. The van der Waals surface area contributed by atoms with E-state index in [1.165, 1.54) is 6.07 Å². The van der Waals surface area contributed by atoms with Crippen LogP contribution < -0.4 is 10.5 Å². The number of nitrogen functional groups attached to an aromatic ring is 1. The zero-order valence-corrected chi connectivity index (χ0v) is 11.6. The molecule has 0 spiro atoms. The third-order valence-corrected chi connectivity index (χ3v) is 4.27. The Morgan fingerprint density at radius 1 is 1.47 bits per heavy atom. The number of hydrogen-bond donors (Lipinski definition) is 1. The van der Waals surface area contributed by atoms with Crippen molar-refractivity contribution in [2.45, 2.75) is 13.5 Å². The van der Waals surface area contributed by atoms with Gasteiger partial charge in [0.25, 0.3) is 0 Å². The topological polar surface area (TPSA) is 35.2 Å². The van der Waals surface area contributed by atoms with Crippen LogP contribution >= 0.6 is 27.3 Å². The van der Waals surface area contributed by atoms with Crippen molar-refractivity contribution in [1.82, 2.24) is 0 Å². The van der Waals surface area contributed by atoms with Crippen LogP contribution in [0.25, 0.3) is 0 Å². The summed E-state index contributed by atoms with van der Waals surface area (Å²) in [7, 11) is 0. The van der Waals surface area contributed by atoms with Crippen LogP contribution in [-0.2, 0) is 6.61 Å². The van der Waals surface area contributed by atoms with E-state index in [9.17, 15) is 4.39 Å². The Morgan fingerprint density at radius 2 is 2.24 bits per heavy atom. The zero-order chi connectivity index (χ0) is 12.4. The van der Waals surface area contributed by atoms with Crippen LogP contribution in [0, 0.1) is 12.7 Å². The molecule has 5 heteroatoms. The van der Waals surface area contributed by atoms with Gasteiger partial charge in [0.2, 0.25) is 0 Å². The number of anilines is 1. The lowest BCUT2D eigenvalue weighted by atomic mass is 10.2. The highest BCUT2D eigenvalue weighted by molar-refractivity contribution is 9.10. The molecule has 1 aromatic heterocycles. The second kappa shape index (κ2) is 5.06. The van der Waals surface area contributed by atoms with Gasteiger partial charge in [-0.25, -0.2) is 4.39 Å². The predicted octanol–water partition coefficient (Wildman–Crippen LogP) is 4.12. The molecule has 0 aliphatic rings. The number of thiophene rings is 1. The maximum atomic E-state index is 13.5. The van der Waals surface area contributed by atoms with Gasteiger partial charge in [-0.2, -0.15) is 0 Å². The second-order valence-electron chi connectivity index (χ2n) is 3.62. The van der Waals surface area contributed by atoms with Crippen LogP contribution in [0.2, 0.25) is 0 Å². The maximum Gasteiger partial charge on any atom is 0.167 e. The molecule has 0 aliphatic heterocycles. The number of aryl methyl sites for hydroxylation is 1. The molecule has 2 aromatic rings. The van der Waals surface area contributed by atoms with E-state index < -0.39 is 5.82 Å². The lowest BCUT2D eigenvalue weighted by Crippen LogP contribution is -1.99.